The van der Waals surface area contributed by atoms with Crippen LogP contribution in [0.3, 0.4) is 0 Å². The van der Waals surface area contributed by atoms with Crippen LogP contribution in [-0.2, 0) is 11.3 Å². The summed E-state index contributed by atoms with van der Waals surface area (Å²) >= 11 is 12.3. The van der Waals surface area contributed by atoms with Crippen LogP contribution in [-0.4, -0.2) is 49.8 Å². The second-order valence-electron chi connectivity index (χ2n) is 5.21. The molecule has 2 N–H and O–H groups in total. The number of hydrogen-bond donors (Lipinski definition) is 2. The van der Waals surface area contributed by atoms with E-state index < -0.39 is 0 Å². The van der Waals surface area contributed by atoms with Crippen molar-refractivity contribution in [2.45, 2.75) is 12.6 Å². The van der Waals surface area contributed by atoms with Crippen LogP contribution in [0, 0.1) is 12.3 Å². The Morgan fingerprint density at radius 3 is 3.04 bits per heavy atom. The van der Waals surface area contributed by atoms with Crippen LogP contribution in [0.1, 0.15) is 5.56 Å². The van der Waals surface area contributed by atoms with Gasteiger partial charge < -0.3 is 15.4 Å². The molecule has 1 heterocycles. The first kappa shape index (κ1) is 17.9. The highest BCUT2D eigenvalue weighted by Crippen LogP contribution is 2.26. The molecule has 0 spiro atoms. The van der Waals surface area contributed by atoms with Gasteiger partial charge in [-0.05, 0) is 11.6 Å². The Bertz CT molecular complexity index is 589. The van der Waals surface area contributed by atoms with Crippen molar-refractivity contribution in [2.75, 3.05) is 32.8 Å². The summed E-state index contributed by atoms with van der Waals surface area (Å²) in [4.78, 5) is 13.7. The van der Waals surface area contributed by atoms with Gasteiger partial charge in [0.15, 0.2) is 0 Å². The van der Waals surface area contributed by atoms with E-state index in [2.05, 4.69) is 21.5 Å². The van der Waals surface area contributed by atoms with Gasteiger partial charge in [-0.15, -0.1) is 6.42 Å². The number of terminal acetylenes is 1. The summed E-state index contributed by atoms with van der Waals surface area (Å²) < 4.78 is 5.67. The fourth-order valence-electron chi connectivity index (χ4n) is 2.36. The largest absolute Gasteiger partial charge is 0.374 e. The Balaban J connectivity index is 1.82. The van der Waals surface area contributed by atoms with Crippen LogP contribution in [0.25, 0.3) is 0 Å². The number of benzene rings is 1. The highest BCUT2D eigenvalue weighted by atomic mass is 35.5. The lowest BCUT2D eigenvalue weighted by Crippen LogP contribution is -2.48. The number of amides is 2. The average Bonchev–Trinajstić information content (AvgIpc) is 2.55. The van der Waals surface area contributed by atoms with Gasteiger partial charge in [0, 0.05) is 26.2 Å². The molecule has 0 aromatic heterocycles. The molecule has 23 heavy (non-hydrogen) atoms. The standard InChI is InChI=1S/C16H19Cl2N3O2/c1-2-6-19-16(22)20-9-13-11-21(7-8-23-13)10-12-4-3-5-14(17)15(12)18/h1,3-5,13H,6-11H2,(H2,19,20,22)/t13-/m0/s1. The SMILES string of the molecule is C#CCNC(=O)NC[C@H]1CN(Cc2cccc(Cl)c2Cl)CCO1. The molecule has 7 heteroatoms. The summed E-state index contributed by atoms with van der Waals surface area (Å²) in [6.07, 6.45) is 5.01. The van der Waals surface area contributed by atoms with E-state index in [9.17, 15) is 4.79 Å². The number of hydrogen-bond acceptors (Lipinski definition) is 3. The van der Waals surface area contributed by atoms with Crippen LogP contribution in [0.4, 0.5) is 4.79 Å². The van der Waals surface area contributed by atoms with Gasteiger partial charge >= 0.3 is 6.03 Å². The van der Waals surface area contributed by atoms with E-state index in [0.29, 0.717) is 36.3 Å². The fraction of sp³-hybridized carbons (Fsp3) is 0.438. The molecule has 0 unspecified atom stereocenters. The Morgan fingerprint density at radius 1 is 1.43 bits per heavy atom. The van der Waals surface area contributed by atoms with Gasteiger partial charge in [-0.3, -0.25) is 4.90 Å². The Labute approximate surface area is 146 Å². The summed E-state index contributed by atoms with van der Waals surface area (Å²) in [5, 5.41) is 6.44. The monoisotopic (exact) mass is 355 g/mol. The Kier molecular flexibility index (Phi) is 7.00. The molecule has 0 aliphatic carbocycles. The minimum atomic E-state index is -0.290. The molecular formula is C16H19Cl2N3O2. The predicted octanol–water partition coefficient (Wildman–Crippen LogP) is 2.13. The van der Waals surface area contributed by atoms with E-state index in [4.69, 9.17) is 34.4 Å². The second-order valence-corrected chi connectivity index (χ2v) is 5.99. The summed E-state index contributed by atoms with van der Waals surface area (Å²) in [7, 11) is 0. The molecule has 1 aliphatic heterocycles. The van der Waals surface area contributed by atoms with E-state index in [-0.39, 0.29) is 18.7 Å². The molecule has 1 aromatic rings. The Morgan fingerprint density at radius 2 is 2.26 bits per heavy atom. The maximum Gasteiger partial charge on any atom is 0.315 e. The third kappa shape index (κ3) is 5.60. The first-order valence-corrected chi connectivity index (χ1v) is 8.07. The number of nitrogens with zero attached hydrogens (tertiary/aromatic N) is 1. The normalized spacial score (nSPS) is 18.2. The van der Waals surface area contributed by atoms with Crippen molar-refractivity contribution in [1.82, 2.24) is 15.5 Å². The molecule has 0 saturated carbocycles. The van der Waals surface area contributed by atoms with E-state index in [1.807, 2.05) is 12.1 Å². The molecule has 0 radical (unpaired) electrons. The first-order chi connectivity index (χ1) is 11.1. The van der Waals surface area contributed by atoms with Gasteiger partial charge in [-0.1, -0.05) is 41.3 Å². The van der Waals surface area contributed by atoms with E-state index >= 15 is 0 Å². The molecule has 1 atom stereocenters. The number of carbonyl (C=O) groups is 1. The van der Waals surface area contributed by atoms with Crippen LogP contribution in [0.5, 0.6) is 0 Å². The zero-order chi connectivity index (χ0) is 16.7. The van der Waals surface area contributed by atoms with E-state index in [0.717, 1.165) is 12.1 Å². The quantitative estimate of drug-likeness (QED) is 0.795. The molecule has 5 nitrogen and oxygen atoms in total. The smallest absolute Gasteiger partial charge is 0.315 e. The summed E-state index contributed by atoms with van der Waals surface area (Å²) in [5.41, 5.74) is 0.986. The van der Waals surface area contributed by atoms with Gasteiger partial charge in [0.05, 0.1) is 29.3 Å². The van der Waals surface area contributed by atoms with Gasteiger partial charge in [0.1, 0.15) is 0 Å². The lowest BCUT2D eigenvalue weighted by molar-refractivity contribution is -0.0286. The minimum Gasteiger partial charge on any atom is -0.374 e. The molecule has 2 amide bonds. The van der Waals surface area contributed by atoms with Crippen molar-refractivity contribution in [3.05, 3.63) is 33.8 Å². The molecule has 2 rings (SSSR count). The van der Waals surface area contributed by atoms with Crippen molar-refractivity contribution >= 4 is 29.2 Å². The summed E-state index contributed by atoms with van der Waals surface area (Å²) in [6, 6.07) is 5.33. The number of nitrogens with one attached hydrogen (secondary N) is 2. The predicted molar refractivity (Wildman–Crippen MR) is 91.7 cm³/mol. The van der Waals surface area contributed by atoms with Crippen molar-refractivity contribution in [2.24, 2.45) is 0 Å². The maximum atomic E-state index is 11.5. The van der Waals surface area contributed by atoms with Gasteiger partial charge in [0.2, 0.25) is 0 Å². The van der Waals surface area contributed by atoms with E-state index in [1.165, 1.54) is 0 Å². The number of morpholine rings is 1. The van der Waals surface area contributed by atoms with Crippen molar-refractivity contribution in [1.29, 1.82) is 0 Å². The summed E-state index contributed by atoms with van der Waals surface area (Å²) in [5.74, 6) is 2.35. The van der Waals surface area contributed by atoms with Crippen molar-refractivity contribution < 1.29 is 9.53 Å². The van der Waals surface area contributed by atoms with Crippen LogP contribution < -0.4 is 10.6 Å². The van der Waals surface area contributed by atoms with Gasteiger partial charge in [-0.25, -0.2) is 4.79 Å². The molecule has 1 aliphatic rings. The maximum absolute atomic E-state index is 11.5. The third-order valence-electron chi connectivity index (χ3n) is 3.49. The third-order valence-corrected chi connectivity index (χ3v) is 4.35. The van der Waals surface area contributed by atoms with Gasteiger partial charge in [-0.2, -0.15) is 0 Å². The average molecular weight is 356 g/mol. The first-order valence-electron chi connectivity index (χ1n) is 7.32. The molecular weight excluding hydrogens is 337 g/mol. The zero-order valence-corrected chi connectivity index (χ0v) is 14.2. The topological polar surface area (TPSA) is 53.6 Å². The minimum absolute atomic E-state index is 0.0710. The van der Waals surface area contributed by atoms with Crippen molar-refractivity contribution in [3.63, 3.8) is 0 Å². The molecule has 124 valence electrons. The van der Waals surface area contributed by atoms with E-state index in [1.54, 1.807) is 6.07 Å². The number of urea groups is 1. The van der Waals surface area contributed by atoms with Gasteiger partial charge in [0.25, 0.3) is 0 Å². The van der Waals surface area contributed by atoms with Crippen LogP contribution in [0.15, 0.2) is 18.2 Å². The fourth-order valence-corrected chi connectivity index (χ4v) is 2.74. The lowest BCUT2D eigenvalue weighted by Gasteiger charge is -2.33. The highest BCUT2D eigenvalue weighted by molar-refractivity contribution is 6.42. The molecule has 0 bridgehead atoms. The van der Waals surface area contributed by atoms with Crippen LogP contribution >= 0.6 is 23.2 Å². The molecule has 1 aromatic carbocycles. The number of carbonyl (C=O) groups excluding carboxylic acids is 1. The molecule has 1 fully saturated rings. The number of ether oxygens (including phenoxy) is 1. The number of halogens is 2. The Hall–Kier alpha value is -1.45. The second kappa shape index (κ2) is 8.99. The van der Waals surface area contributed by atoms with Crippen LogP contribution in [0.2, 0.25) is 10.0 Å². The number of rotatable bonds is 5. The lowest BCUT2D eigenvalue weighted by atomic mass is 10.2. The molecule has 1 saturated heterocycles. The zero-order valence-electron chi connectivity index (χ0n) is 12.6. The highest BCUT2D eigenvalue weighted by Gasteiger charge is 2.21. The van der Waals surface area contributed by atoms with Crippen molar-refractivity contribution in [3.8, 4) is 12.3 Å². The summed E-state index contributed by atoms with van der Waals surface area (Å²) in [6.45, 7) is 3.45.